The zero-order valence-electron chi connectivity index (χ0n) is 27.0. The van der Waals surface area contributed by atoms with Crippen LogP contribution in [-0.4, -0.2) is 9.55 Å². The largest absolute Gasteiger partial charge is 0.509 e. The molecule has 5 nitrogen and oxygen atoms in total. The van der Waals surface area contributed by atoms with Gasteiger partial charge in [0.05, 0.1) is 0 Å². The molecule has 0 radical (unpaired) electrons. The molecule has 8 rings (SSSR count). The third-order valence-corrected chi connectivity index (χ3v) is 8.79. The molecule has 0 unspecified atom stereocenters. The molecule has 0 atom stereocenters. The van der Waals surface area contributed by atoms with E-state index in [-0.39, 0.29) is 21.1 Å². The second-order valence-corrected chi connectivity index (χ2v) is 11.9. The maximum absolute atomic E-state index is 6.50. The van der Waals surface area contributed by atoms with E-state index in [1.165, 1.54) is 16.5 Å². The Labute approximate surface area is 296 Å². The van der Waals surface area contributed by atoms with E-state index in [0.717, 1.165) is 70.7 Å². The third kappa shape index (κ3) is 5.77. The number of nitrogens with zero attached hydrogens (tertiary/aromatic N) is 4. The third-order valence-electron chi connectivity index (χ3n) is 8.79. The van der Waals surface area contributed by atoms with E-state index in [4.69, 9.17) is 9.72 Å². The van der Waals surface area contributed by atoms with Gasteiger partial charge in [0.1, 0.15) is 5.82 Å². The second kappa shape index (κ2) is 13.7. The molecule has 0 N–H and O–H groups in total. The minimum absolute atomic E-state index is 0. The van der Waals surface area contributed by atoms with Gasteiger partial charge in [-0.3, -0.25) is 0 Å². The molecule has 0 amide bonds. The summed E-state index contributed by atoms with van der Waals surface area (Å²) in [6, 6.07) is 46.9. The molecule has 6 heteroatoms. The van der Waals surface area contributed by atoms with E-state index in [2.05, 4.69) is 126 Å². The first-order valence-electron chi connectivity index (χ1n) is 16.4. The number of anilines is 4. The number of hydrogen-bond acceptors (Lipinski definition) is 4. The summed E-state index contributed by atoms with van der Waals surface area (Å²) in [5.74, 6) is 2.12. The summed E-state index contributed by atoms with van der Waals surface area (Å²) in [5.41, 5.74) is 9.13. The van der Waals surface area contributed by atoms with Crippen LogP contribution in [0.4, 0.5) is 22.7 Å². The van der Waals surface area contributed by atoms with Crippen molar-refractivity contribution in [2.24, 2.45) is 0 Å². The van der Waals surface area contributed by atoms with Gasteiger partial charge in [-0.2, -0.15) is 12.1 Å². The topological polar surface area (TPSA) is 33.5 Å². The number of fused-ring (bicyclic) bond motifs is 4. The number of aromatic nitrogens is 2. The molecule has 0 aliphatic carbocycles. The molecule has 1 aliphatic heterocycles. The van der Waals surface area contributed by atoms with Crippen LogP contribution in [0.25, 0.3) is 27.6 Å². The fourth-order valence-electron chi connectivity index (χ4n) is 6.70. The van der Waals surface area contributed by atoms with Gasteiger partial charge in [-0.15, -0.1) is 48.1 Å². The minimum atomic E-state index is 0. The average Bonchev–Trinajstić information content (AvgIpc) is 3.65. The van der Waals surface area contributed by atoms with Gasteiger partial charge >= 0.3 is 0 Å². The van der Waals surface area contributed by atoms with Gasteiger partial charge in [0, 0.05) is 61.3 Å². The quantitative estimate of drug-likeness (QED) is 0.136. The summed E-state index contributed by atoms with van der Waals surface area (Å²) in [5, 5.41) is 2.36. The Hall–Kier alpha value is -4.86. The Morgan fingerprint density at radius 3 is 2.12 bits per heavy atom. The second-order valence-electron chi connectivity index (χ2n) is 11.9. The molecule has 0 fully saturated rings. The van der Waals surface area contributed by atoms with Crippen molar-refractivity contribution in [1.82, 2.24) is 9.55 Å². The first-order valence-corrected chi connectivity index (χ1v) is 16.4. The molecule has 242 valence electrons. The molecule has 5 aromatic carbocycles. The van der Waals surface area contributed by atoms with Crippen molar-refractivity contribution in [3.63, 3.8) is 0 Å². The standard InChI is InChI=1S/C42H35N4O.Pt/c1-3-13-30-25-37-36-23-22-35(28-41(36)46(42-21-10-11-24-43-42)40(37)26-31(30)14-4-2)47-34-18-12-17-33(27-34)45-29-44(32-15-6-5-7-16-32)38-19-8-9-20-39(38)45;/h5-12,15-26,29H,3-4,13-14H2,1-2H3;/q-3;. The maximum atomic E-state index is 6.50. The Kier molecular flexibility index (Phi) is 9.06. The van der Waals surface area contributed by atoms with Gasteiger partial charge in [0.2, 0.25) is 0 Å². The average molecular weight is 807 g/mol. The number of para-hydroxylation sites is 3. The molecule has 1 aliphatic rings. The molecule has 0 saturated carbocycles. The van der Waals surface area contributed by atoms with Crippen LogP contribution >= 0.6 is 0 Å². The predicted molar refractivity (Wildman–Crippen MR) is 192 cm³/mol. The number of aryl methyl sites for hydroxylation is 2. The van der Waals surface area contributed by atoms with Crippen LogP contribution in [0.2, 0.25) is 0 Å². The van der Waals surface area contributed by atoms with E-state index < -0.39 is 0 Å². The van der Waals surface area contributed by atoms with Crippen LogP contribution in [0.15, 0.2) is 121 Å². The number of ether oxygens (including phenoxy) is 1. The van der Waals surface area contributed by atoms with Crippen molar-refractivity contribution in [3.05, 3.63) is 151 Å². The fourth-order valence-corrected chi connectivity index (χ4v) is 6.70. The summed E-state index contributed by atoms with van der Waals surface area (Å²) in [4.78, 5) is 9.11. The Morgan fingerprint density at radius 1 is 0.667 bits per heavy atom. The molecule has 48 heavy (non-hydrogen) atoms. The zero-order valence-corrected chi connectivity index (χ0v) is 29.2. The summed E-state index contributed by atoms with van der Waals surface area (Å²) in [6.07, 6.45) is 6.20. The number of rotatable bonds is 9. The van der Waals surface area contributed by atoms with Crippen LogP contribution in [-0.2, 0) is 33.9 Å². The van der Waals surface area contributed by atoms with Crippen LogP contribution < -0.4 is 14.5 Å². The van der Waals surface area contributed by atoms with Crippen molar-refractivity contribution in [2.45, 2.75) is 39.5 Å². The Balaban J connectivity index is 0.00000364. The van der Waals surface area contributed by atoms with Crippen molar-refractivity contribution in [3.8, 4) is 17.3 Å². The minimum Gasteiger partial charge on any atom is -0.509 e. The zero-order chi connectivity index (χ0) is 31.7. The van der Waals surface area contributed by atoms with Crippen molar-refractivity contribution in [2.75, 3.05) is 9.80 Å². The van der Waals surface area contributed by atoms with Crippen molar-refractivity contribution in [1.29, 1.82) is 0 Å². The van der Waals surface area contributed by atoms with Gasteiger partial charge in [-0.1, -0.05) is 74.7 Å². The van der Waals surface area contributed by atoms with Crippen LogP contribution in [0, 0.1) is 18.8 Å². The van der Waals surface area contributed by atoms with Gasteiger partial charge in [0.15, 0.2) is 0 Å². The Bertz CT molecular complexity index is 2200. The molecule has 2 aromatic heterocycles. The molecule has 7 aromatic rings. The van der Waals surface area contributed by atoms with E-state index >= 15 is 0 Å². The smallest absolute Gasteiger partial charge is 0.135 e. The number of benzene rings is 5. The summed E-state index contributed by atoms with van der Waals surface area (Å²) in [6.45, 7) is 6.61. The number of hydrogen-bond donors (Lipinski definition) is 0. The summed E-state index contributed by atoms with van der Waals surface area (Å²) < 4.78 is 8.72. The normalized spacial score (nSPS) is 12.4. The van der Waals surface area contributed by atoms with E-state index in [1.54, 1.807) is 0 Å². The first-order chi connectivity index (χ1) is 23.2. The van der Waals surface area contributed by atoms with Gasteiger partial charge in [0.25, 0.3) is 0 Å². The molecular formula is C42H35N4OPt-3. The van der Waals surface area contributed by atoms with Crippen molar-refractivity contribution < 1.29 is 25.8 Å². The maximum Gasteiger partial charge on any atom is 0.135 e. The molecule has 0 bridgehead atoms. The van der Waals surface area contributed by atoms with Crippen LogP contribution in [0.3, 0.4) is 0 Å². The van der Waals surface area contributed by atoms with Crippen LogP contribution in [0.5, 0.6) is 11.5 Å². The monoisotopic (exact) mass is 806 g/mol. The summed E-state index contributed by atoms with van der Waals surface area (Å²) in [7, 11) is 0. The number of pyridine rings is 1. The van der Waals surface area contributed by atoms with Gasteiger partial charge in [-0.05, 0) is 71.8 Å². The first kappa shape index (κ1) is 31.7. The SMILES string of the molecule is CCCc1cc2c3ccc(Oc4[c-]c(N5[CH-]N(c6ccccc6)c6ccccc65)ccc4)[c-]c3n(-c3ccccn3)c2cc1CCC.[Pt]. The fraction of sp³-hybridized carbons (Fsp3) is 0.143. The van der Waals surface area contributed by atoms with E-state index in [1.807, 2.05) is 42.6 Å². The Morgan fingerprint density at radius 2 is 1.38 bits per heavy atom. The van der Waals surface area contributed by atoms with Gasteiger partial charge in [-0.25, -0.2) is 4.98 Å². The van der Waals surface area contributed by atoms with Crippen LogP contribution in [0.1, 0.15) is 37.8 Å². The van der Waals surface area contributed by atoms with Gasteiger partial charge < -0.3 is 19.1 Å². The van der Waals surface area contributed by atoms with Crippen molar-refractivity contribution >= 4 is 44.6 Å². The summed E-state index contributed by atoms with van der Waals surface area (Å²) >= 11 is 0. The predicted octanol–water partition coefficient (Wildman–Crippen LogP) is 10.9. The molecular weight excluding hydrogens is 772 g/mol. The van der Waals surface area contributed by atoms with E-state index in [0.29, 0.717) is 11.5 Å². The molecule has 0 saturated heterocycles. The molecule has 3 heterocycles. The van der Waals surface area contributed by atoms with E-state index in [9.17, 15) is 0 Å². The molecule has 0 spiro atoms.